The highest BCUT2D eigenvalue weighted by Gasteiger charge is 2.14. The highest BCUT2D eigenvalue weighted by atomic mass is 16.4. The van der Waals surface area contributed by atoms with E-state index in [0.717, 1.165) is 0 Å². The van der Waals surface area contributed by atoms with Crippen LogP contribution in [0.1, 0.15) is 35.3 Å². The van der Waals surface area contributed by atoms with Crippen LogP contribution in [0.3, 0.4) is 0 Å². The maximum absolute atomic E-state index is 10.3. The number of carboxylic acid groups (broad SMARTS) is 1. The van der Waals surface area contributed by atoms with Crippen LogP contribution in [0.4, 0.5) is 5.69 Å². The standard InChI is InChI=1S/C10H15N.C7H7NO2/c1-8-6-4-5-7-9(8)10(2,3)11;8-6-3-1-5(2-4-6)7(9)10/h4-7H,11H2,1-3H3;1-4H,8H2,(H,9,10). The van der Waals surface area contributed by atoms with E-state index in [2.05, 4.69) is 19.1 Å². The number of nitrogens with two attached hydrogens (primary N) is 2. The monoisotopic (exact) mass is 286 g/mol. The molecule has 21 heavy (non-hydrogen) atoms. The zero-order valence-electron chi connectivity index (χ0n) is 12.6. The predicted octanol–water partition coefficient (Wildman–Crippen LogP) is 3.16. The minimum absolute atomic E-state index is 0.217. The second kappa shape index (κ2) is 6.90. The van der Waals surface area contributed by atoms with Crippen molar-refractivity contribution in [1.29, 1.82) is 0 Å². The molecule has 0 saturated heterocycles. The lowest BCUT2D eigenvalue weighted by molar-refractivity contribution is 0.0697. The molecule has 4 heteroatoms. The van der Waals surface area contributed by atoms with E-state index >= 15 is 0 Å². The SMILES string of the molecule is Cc1ccccc1C(C)(C)N.Nc1ccc(C(=O)O)cc1. The highest BCUT2D eigenvalue weighted by molar-refractivity contribution is 5.87. The van der Waals surface area contributed by atoms with E-state index in [1.807, 2.05) is 26.0 Å². The van der Waals surface area contributed by atoms with Crippen molar-refractivity contribution in [3.8, 4) is 0 Å². The second-order valence-electron chi connectivity index (χ2n) is 5.46. The first-order valence-corrected chi connectivity index (χ1v) is 6.65. The number of aromatic carboxylic acids is 1. The Morgan fingerprint density at radius 2 is 1.57 bits per heavy atom. The van der Waals surface area contributed by atoms with E-state index in [-0.39, 0.29) is 11.1 Å². The Labute approximate surface area is 125 Å². The molecule has 2 aromatic carbocycles. The number of aryl methyl sites for hydroxylation is 1. The van der Waals surface area contributed by atoms with Crippen LogP contribution in [-0.2, 0) is 5.54 Å². The number of hydrogen-bond acceptors (Lipinski definition) is 3. The molecule has 0 bridgehead atoms. The maximum Gasteiger partial charge on any atom is 0.335 e. The topological polar surface area (TPSA) is 89.3 Å². The van der Waals surface area contributed by atoms with Crippen molar-refractivity contribution in [3.05, 3.63) is 65.2 Å². The minimum Gasteiger partial charge on any atom is -0.478 e. The van der Waals surface area contributed by atoms with Crippen LogP contribution in [-0.4, -0.2) is 11.1 Å². The lowest BCUT2D eigenvalue weighted by Crippen LogP contribution is -2.29. The van der Waals surface area contributed by atoms with E-state index in [9.17, 15) is 4.79 Å². The minimum atomic E-state index is -0.931. The van der Waals surface area contributed by atoms with Crippen molar-refractivity contribution in [2.75, 3.05) is 5.73 Å². The van der Waals surface area contributed by atoms with Crippen LogP contribution in [0.2, 0.25) is 0 Å². The van der Waals surface area contributed by atoms with Gasteiger partial charge in [-0.1, -0.05) is 24.3 Å². The first-order chi connectivity index (χ1) is 9.71. The summed E-state index contributed by atoms with van der Waals surface area (Å²) >= 11 is 0. The Morgan fingerprint density at radius 1 is 1.05 bits per heavy atom. The van der Waals surface area contributed by atoms with Crippen LogP contribution < -0.4 is 11.5 Å². The molecule has 112 valence electrons. The summed E-state index contributed by atoms with van der Waals surface area (Å²) < 4.78 is 0. The largest absolute Gasteiger partial charge is 0.478 e. The molecule has 2 aromatic rings. The molecule has 0 saturated carbocycles. The zero-order valence-corrected chi connectivity index (χ0v) is 12.6. The van der Waals surface area contributed by atoms with Gasteiger partial charge in [-0.3, -0.25) is 0 Å². The van der Waals surface area contributed by atoms with Gasteiger partial charge in [-0.2, -0.15) is 0 Å². The summed E-state index contributed by atoms with van der Waals surface area (Å²) in [6, 6.07) is 14.3. The van der Waals surface area contributed by atoms with E-state index in [1.165, 1.54) is 23.3 Å². The summed E-state index contributed by atoms with van der Waals surface area (Å²) in [7, 11) is 0. The molecule has 0 aliphatic carbocycles. The van der Waals surface area contributed by atoms with Gasteiger partial charge in [-0.25, -0.2) is 4.79 Å². The van der Waals surface area contributed by atoms with Gasteiger partial charge in [0.05, 0.1) is 5.56 Å². The van der Waals surface area contributed by atoms with Crippen molar-refractivity contribution in [2.24, 2.45) is 5.73 Å². The number of carboxylic acids is 1. The molecule has 5 N–H and O–H groups in total. The van der Waals surface area contributed by atoms with Gasteiger partial charge in [0.2, 0.25) is 0 Å². The molecular formula is C17H22N2O2. The van der Waals surface area contributed by atoms with E-state index < -0.39 is 5.97 Å². The maximum atomic E-state index is 10.3. The summed E-state index contributed by atoms with van der Waals surface area (Å²) in [5.41, 5.74) is 14.4. The van der Waals surface area contributed by atoms with Crippen LogP contribution >= 0.6 is 0 Å². The summed E-state index contributed by atoms with van der Waals surface area (Å²) in [6.07, 6.45) is 0. The number of hydrogen-bond donors (Lipinski definition) is 3. The summed E-state index contributed by atoms with van der Waals surface area (Å²) in [6.45, 7) is 6.13. The van der Waals surface area contributed by atoms with Gasteiger partial charge in [-0.05, 0) is 56.2 Å². The molecule has 0 fully saturated rings. The molecule has 2 rings (SSSR count). The van der Waals surface area contributed by atoms with Crippen molar-refractivity contribution in [1.82, 2.24) is 0 Å². The van der Waals surface area contributed by atoms with Gasteiger partial charge in [0, 0.05) is 11.2 Å². The molecule has 0 aliphatic rings. The summed E-state index contributed by atoms with van der Waals surface area (Å²) in [5.74, 6) is -0.931. The Balaban J connectivity index is 0.000000211. The Kier molecular flexibility index (Phi) is 5.50. The van der Waals surface area contributed by atoms with Crippen molar-refractivity contribution >= 4 is 11.7 Å². The third kappa shape index (κ3) is 5.28. The van der Waals surface area contributed by atoms with Gasteiger partial charge in [0.25, 0.3) is 0 Å². The molecule has 4 nitrogen and oxygen atoms in total. The Morgan fingerprint density at radius 3 is 1.95 bits per heavy atom. The molecule has 0 heterocycles. The zero-order chi connectivity index (χ0) is 16.0. The highest BCUT2D eigenvalue weighted by Crippen LogP contribution is 2.19. The number of nitrogen functional groups attached to an aromatic ring is 1. The van der Waals surface area contributed by atoms with Gasteiger partial charge in [0.15, 0.2) is 0 Å². The average Bonchev–Trinajstić information content (AvgIpc) is 2.39. The predicted molar refractivity (Wildman–Crippen MR) is 86.2 cm³/mol. The second-order valence-corrected chi connectivity index (χ2v) is 5.46. The van der Waals surface area contributed by atoms with E-state index in [4.69, 9.17) is 16.6 Å². The molecule has 0 amide bonds. The Bertz CT molecular complexity index is 599. The van der Waals surface area contributed by atoms with Gasteiger partial charge in [0.1, 0.15) is 0 Å². The van der Waals surface area contributed by atoms with Gasteiger partial charge < -0.3 is 16.6 Å². The van der Waals surface area contributed by atoms with Crippen LogP contribution in [0.25, 0.3) is 0 Å². The quantitative estimate of drug-likeness (QED) is 0.740. The van der Waals surface area contributed by atoms with E-state index in [0.29, 0.717) is 5.69 Å². The molecule has 0 spiro atoms. The third-order valence-electron chi connectivity index (χ3n) is 3.00. The number of benzene rings is 2. The fraction of sp³-hybridized carbons (Fsp3) is 0.235. The Hall–Kier alpha value is -2.33. The van der Waals surface area contributed by atoms with Crippen LogP contribution in [0.5, 0.6) is 0 Å². The number of anilines is 1. The lowest BCUT2D eigenvalue weighted by Gasteiger charge is -2.21. The summed E-state index contributed by atoms with van der Waals surface area (Å²) in [5, 5.41) is 8.43. The fourth-order valence-electron chi connectivity index (χ4n) is 1.92. The number of rotatable bonds is 2. The van der Waals surface area contributed by atoms with Crippen LogP contribution in [0, 0.1) is 6.92 Å². The first-order valence-electron chi connectivity index (χ1n) is 6.65. The van der Waals surface area contributed by atoms with E-state index in [1.54, 1.807) is 12.1 Å². The lowest BCUT2D eigenvalue weighted by atomic mass is 9.92. The van der Waals surface area contributed by atoms with Crippen molar-refractivity contribution in [3.63, 3.8) is 0 Å². The van der Waals surface area contributed by atoms with Crippen LogP contribution in [0.15, 0.2) is 48.5 Å². The normalized spacial score (nSPS) is 10.5. The molecule has 0 aromatic heterocycles. The fourth-order valence-corrected chi connectivity index (χ4v) is 1.92. The molecular weight excluding hydrogens is 264 g/mol. The molecule has 0 radical (unpaired) electrons. The first kappa shape index (κ1) is 16.7. The summed E-state index contributed by atoms with van der Waals surface area (Å²) in [4.78, 5) is 10.3. The molecule has 0 atom stereocenters. The third-order valence-corrected chi connectivity index (χ3v) is 3.00. The molecule has 0 unspecified atom stereocenters. The van der Waals surface area contributed by atoms with Gasteiger partial charge >= 0.3 is 5.97 Å². The van der Waals surface area contributed by atoms with Crippen molar-refractivity contribution < 1.29 is 9.90 Å². The van der Waals surface area contributed by atoms with Gasteiger partial charge in [-0.15, -0.1) is 0 Å². The van der Waals surface area contributed by atoms with Crippen molar-refractivity contribution in [2.45, 2.75) is 26.3 Å². The number of carbonyl (C=O) groups is 1. The average molecular weight is 286 g/mol. The smallest absolute Gasteiger partial charge is 0.335 e. The molecule has 0 aliphatic heterocycles.